The number of hydrogen-bond acceptors (Lipinski definition) is 5. The van der Waals surface area contributed by atoms with Gasteiger partial charge in [-0.25, -0.2) is 9.18 Å². The number of anilines is 2. The number of urea groups is 1. The zero-order valence-corrected chi connectivity index (χ0v) is 17.8. The van der Waals surface area contributed by atoms with Crippen molar-refractivity contribution in [3.8, 4) is 5.75 Å². The van der Waals surface area contributed by atoms with Crippen LogP contribution in [0, 0.1) is 5.82 Å². The lowest BCUT2D eigenvalue weighted by atomic mass is 10.1. The van der Waals surface area contributed by atoms with Gasteiger partial charge >= 0.3 is 6.03 Å². The number of carbonyl (C=O) groups is 1. The number of piperazine rings is 1. The summed E-state index contributed by atoms with van der Waals surface area (Å²) in [7, 11) is 0. The number of halogens is 1. The number of rotatable bonds is 6. The van der Waals surface area contributed by atoms with Crippen LogP contribution >= 0.6 is 0 Å². The number of fused-ring (bicyclic) bond motifs is 1. The van der Waals surface area contributed by atoms with Gasteiger partial charge < -0.3 is 29.9 Å². The molecule has 2 aliphatic rings. The predicted octanol–water partition coefficient (Wildman–Crippen LogP) is 3.20. The summed E-state index contributed by atoms with van der Waals surface area (Å²) in [4.78, 5) is 17.2. The van der Waals surface area contributed by atoms with Gasteiger partial charge in [0.25, 0.3) is 0 Å². The van der Waals surface area contributed by atoms with Crippen molar-refractivity contribution >= 4 is 17.4 Å². The van der Waals surface area contributed by atoms with Crippen LogP contribution in [0.3, 0.4) is 0 Å². The zero-order valence-electron chi connectivity index (χ0n) is 17.8. The van der Waals surface area contributed by atoms with Crippen LogP contribution in [0.4, 0.5) is 20.6 Å². The first-order valence-electron chi connectivity index (χ1n) is 10.8. The van der Waals surface area contributed by atoms with Crippen molar-refractivity contribution in [2.75, 3.05) is 56.3 Å². The van der Waals surface area contributed by atoms with Crippen molar-refractivity contribution in [3.05, 3.63) is 53.3 Å². The second kappa shape index (κ2) is 9.98. The van der Waals surface area contributed by atoms with Gasteiger partial charge in [-0.2, -0.15) is 0 Å². The first-order valence-corrected chi connectivity index (χ1v) is 10.8. The summed E-state index contributed by atoms with van der Waals surface area (Å²) in [6.07, 6.45) is 0.466. The minimum Gasteiger partial charge on any atom is -0.467 e. The summed E-state index contributed by atoms with van der Waals surface area (Å²) in [5.41, 5.74) is 3.24. The average molecular weight is 429 g/mol. The smallest absolute Gasteiger partial charge is 0.319 e. The summed E-state index contributed by atoms with van der Waals surface area (Å²) < 4.78 is 24.6. The molecule has 31 heavy (non-hydrogen) atoms. The Balaban J connectivity index is 1.34. The SMILES string of the molecule is CCN1CCN(c2ccccc2NC(=O)NCCc2cc(F)cc3c2OCOC3)CC1. The fourth-order valence-corrected chi connectivity index (χ4v) is 4.08. The van der Waals surface area contributed by atoms with Gasteiger partial charge in [0.15, 0.2) is 6.79 Å². The van der Waals surface area contributed by atoms with Crippen molar-refractivity contribution in [1.29, 1.82) is 0 Å². The maximum Gasteiger partial charge on any atom is 0.319 e. The van der Waals surface area contributed by atoms with E-state index in [4.69, 9.17) is 9.47 Å². The summed E-state index contributed by atoms with van der Waals surface area (Å²) in [6, 6.07) is 10.5. The summed E-state index contributed by atoms with van der Waals surface area (Å²) in [5.74, 6) is 0.329. The van der Waals surface area contributed by atoms with Crippen LogP contribution in [0.25, 0.3) is 0 Å². The van der Waals surface area contributed by atoms with Crippen LogP contribution in [0.1, 0.15) is 18.1 Å². The van der Waals surface area contributed by atoms with Crippen LogP contribution in [0.15, 0.2) is 36.4 Å². The second-order valence-electron chi connectivity index (χ2n) is 7.73. The third-order valence-corrected chi connectivity index (χ3v) is 5.74. The Labute approximate surface area is 182 Å². The lowest BCUT2D eigenvalue weighted by Gasteiger charge is -2.36. The number of amides is 2. The second-order valence-corrected chi connectivity index (χ2v) is 7.73. The molecule has 0 bridgehead atoms. The highest BCUT2D eigenvalue weighted by atomic mass is 19.1. The third kappa shape index (κ3) is 5.26. The maximum atomic E-state index is 13.9. The maximum absolute atomic E-state index is 13.9. The quantitative estimate of drug-likeness (QED) is 0.740. The molecular weight excluding hydrogens is 399 g/mol. The lowest BCUT2D eigenvalue weighted by molar-refractivity contribution is -0.0172. The van der Waals surface area contributed by atoms with Crippen LogP contribution in [0.2, 0.25) is 0 Å². The molecule has 2 aromatic carbocycles. The minimum atomic E-state index is -0.329. The van der Waals surface area contributed by atoms with E-state index >= 15 is 0 Å². The van der Waals surface area contributed by atoms with E-state index in [1.165, 1.54) is 12.1 Å². The molecule has 7 nitrogen and oxygen atoms in total. The van der Waals surface area contributed by atoms with Crippen LogP contribution in [-0.4, -0.2) is 57.0 Å². The number of nitrogens with zero attached hydrogens (tertiary/aromatic N) is 2. The molecule has 2 heterocycles. The van der Waals surface area contributed by atoms with Crippen LogP contribution < -0.4 is 20.3 Å². The van der Waals surface area contributed by atoms with Gasteiger partial charge in [-0.1, -0.05) is 19.1 Å². The molecule has 4 rings (SSSR count). The fourth-order valence-electron chi connectivity index (χ4n) is 4.08. The zero-order chi connectivity index (χ0) is 21.6. The molecule has 0 atom stereocenters. The molecule has 1 fully saturated rings. The number of nitrogens with one attached hydrogen (secondary N) is 2. The van der Waals surface area contributed by atoms with E-state index in [-0.39, 0.29) is 18.6 Å². The molecule has 0 radical (unpaired) electrons. The number of likely N-dealkylation sites (N-methyl/N-ethyl adjacent to an activating group) is 1. The van der Waals surface area contributed by atoms with Crippen molar-refractivity contribution in [3.63, 3.8) is 0 Å². The number of hydrogen-bond donors (Lipinski definition) is 2. The molecule has 0 spiro atoms. The molecular formula is C23H29FN4O3. The highest BCUT2D eigenvalue weighted by Crippen LogP contribution is 2.30. The van der Waals surface area contributed by atoms with E-state index in [1.54, 1.807) is 0 Å². The minimum absolute atomic E-state index is 0.156. The monoisotopic (exact) mass is 428 g/mol. The largest absolute Gasteiger partial charge is 0.467 e. The molecule has 2 aromatic rings. The third-order valence-electron chi connectivity index (χ3n) is 5.74. The van der Waals surface area contributed by atoms with Gasteiger partial charge in [0.2, 0.25) is 0 Å². The van der Waals surface area contributed by atoms with Crippen molar-refractivity contribution in [2.45, 2.75) is 20.0 Å². The van der Waals surface area contributed by atoms with E-state index in [1.807, 2.05) is 24.3 Å². The Morgan fingerprint density at radius 3 is 2.77 bits per heavy atom. The number of benzene rings is 2. The Hall–Kier alpha value is -2.84. The van der Waals surface area contributed by atoms with Crippen LogP contribution in [-0.2, 0) is 17.8 Å². The van der Waals surface area contributed by atoms with Crippen molar-refractivity contribution < 1.29 is 18.7 Å². The van der Waals surface area contributed by atoms with Gasteiger partial charge in [0, 0.05) is 38.3 Å². The average Bonchev–Trinajstić information content (AvgIpc) is 2.79. The van der Waals surface area contributed by atoms with Gasteiger partial charge in [-0.05, 0) is 42.8 Å². The van der Waals surface area contributed by atoms with Crippen molar-refractivity contribution in [2.24, 2.45) is 0 Å². The van der Waals surface area contributed by atoms with E-state index in [0.717, 1.165) is 49.7 Å². The molecule has 0 unspecified atom stereocenters. The fraction of sp³-hybridized carbons (Fsp3) is 0.435. The molecule has 1 saturated heterocycles. The normalized spacial score (nSPS) is 16.4. The predicted molar refractivity (Wildman–Crippen MR) is 118 cm³/mol. The summed E-state index contributed by atoms with van der Waals surface area (Å²) in [6.45, 7) is 7.98. The first kappa shape index (κ1) is 21.4. The van der Waals surface area contributed by atoms with E-state index in [2.05, 4.69) is 27.4 Å². The molecule has 0 saturated carbocycles. The summed E-state index contributed by atoms with van der Waals surface area (Å²) >= 11 is 0. The van der Waals surface area contributed by atoms with Gasteiger partial charge in [-0.15, -0.1) is 0 Å². The number of carbonyl (C=O) groups excluding carboxylic acids is 1. The summed E-state index contributed by atoms with van der Waals surface area (Å²) in [5, 5.41) is 5.83. The molecule has 2 N–H and O–H groups in total. The Bertz CT molecular complexity index is 916. The van der Waals surface area contributed by atoms with Crippen LogP contribution in [0.5, 0.6) is 5.75 Å². The van der Waals surface area contributed by atoms with E-state index < -0.39 is 0 Å². The molecule has 8 heteroatoms. The van der Waals surface area contributed by atoms with Gasteiger partial charge in [-0.3, -0.25) is 0 Å². The molecule has 0 aromatic heterocycles. The van der Waals surface area contributed by atoms with E-state index in [9.17, 15) is 9.18 Å². The lowest BCUT2D eigenvalue weighted by Crippen LogP contribution is -2.46. The standard InChI is InChI=1S/C23H29FN4O3/c1-2-27-9-11-28(12-10-27)21-6-4-3-5-20(21)26-23(29)25-8-7-17-13-19(24)14-18-15-30-16-31-22(17)18/h3-6,13-14H,2,7-12,15-16H2,1H3,(H2,25,26,29). The van der Waals surface area contributed by atoms with E-state index in [0.29, 0.717) is 30.9 Å². The first-order chi connectivity index (χ1) is 15.1. The highest BCUT2D eigenvalue weighted by Gasteiger charge is 2.19. The molecule has 2 aliphatic heterocycles. The highest BCUT2D eigenvalue weighted by molar-refractivity contribution is 5.93. The Kier molecular flexibility index (Phi) is 6.89. The molecule has 166 valence electrons. The topological polar surface area (TPSA) is 66.1 Å². The number of ether oxygens (including phenoxy) is 2. The van der Waals surface area contributed by atoms with Crippen molar-refractivity contribution in [1.82, 2.24) is 10.2 Å². The Morgan fingerprint density at radius 2 is 1.97 bits per heavy atom. The molecule has 0 aliphatic carbocycles. The molecule has 2 amide bonds. The van der Waals surface area contributed by atoms with Gasteiger partial charge in [0.1, 0.15) is 11.6 Å². The Morgan fingerprint density at radius 1 is 1.16 bits per heavy atom. The number of para-hydroxylation sites is 2. The van der Waals surface area contributed by atoms with Gasteiger partial charge in [0.05, 0.1) is 18.0 Å².